The fourth-order valence-electron chi connectivity index (χ4n) is 2.60. The number of hydrogen-bond acceptors (Lipinski definition) is 2. The molecule has 94 valence electrons. The van der Waals surface area contributed by atoms with Crippen molar-refractivity contribution in [1.29, 1.82) is 0 Å². The summed E-state index contributed by atoms with van der Waals surface area (Å²) < 4.78 is 0. The van der Waals surface area contributed by atoms with Crippen molar-refractivity contribution in [1.82, 2.24) is 5.32 Å². The Bertz CT molecular complexity index is 223. The Morgan fingerprint density at radius 1 is 1.12 bits per heavy atom. The molecule has 16 heavy (non-hydrogen) atoms. The lowest BCUT2D eigenvalue weighted by Gasteiger charge is -2.40. The van der Waals surface area contributed by atoms with Crippen LogP contribution in [0.25, 0.3) is 0 Å². The molecule has 2 fully saturated rings. The van der Waals surface area contributed by atoms with E-state index in [9.17, 15) is 5.11 Å². The highest BCUT2D eigenvalue weighted by Gasteiger charge is 2.36. The smallest absolute Gasteiger partial charge is 0.0772 e. The Kier molecular flexibility index (Phi) is 3.60. The maximum atomic E-state index is 10.4. The van der Waals surface area contributed by atoms with E-state index in [1.165, 1.54) is 19.3 Å². The summed E-state index contributed by atoms with van der Waals surface area (Å²) in [4.78, 5) is 0. The monoisotopic (exact) mass is 225 g/mol. The molecule has 2 aliphatic carbocycles. The zero-order valence-corrected chi connectivity index (χ0v) is 10.9. The van der Waals surface area contributed by atoms with Crippen molar-refractivity contribution in [3.8, 4) is 0 Å². The van der Waals surface area contributed by atoms with E-state index >= 15 is 0 Å². The number of nitrogens with one attached hydrogen (secondary N) is 1. The molecule has 0 spiro atoms. The molecular weight excluding hydrogens is 198 g/mol. The first-order valence-corrected chi connectivity index (χ1v) is 6.92. The number of hydrogen-bond donors (Lipinski definition) is 2. The van der Waals surface area contributed by atoms with Crippen LogP contribution in [0, 0.1) is 11.3 Å². The number of aliphatic hydroxyl groups is 1. The molecule has 0 aliphatic heterocycles. The minimum atomic E-state index is -0.418. The van der Waals surface area contributed by atoms with Gasteiger partial charge in [-0.2, -0.15) is 0 Å². The molecule has 0 bridgehead atoms. The third-order valence-electron chi connectivity index (χ3n) is 4.41. The highest BCUT2D eigenvalue weighted by molar-refractivity contribution is 4.90. The molecule has 0 atom stereocenters. The molecule has 2 saturated carbocycles. The van der Waals surface area contributed by atoms with Gasteiger partial charge in [-0.1, -0.05) is 26.7 Å². The van der Waals surface area contributed by atoms with Crippen LogP contribution in [0.15, 0.2) is 0 Å². The first-order valence-electron chi connectivity index (χ1n) is 6.92. The van der Waals surface area contributed by atoms with Crippen molar-refractivity contribution in [2.24, 2.45) is 11.3 Å². The second kappa shape index (κ2) is 4.66. The molecule has 0 aromatic heterocycles. The van der Waals surface area contributed by atoms with E-state index in [0.29, 0.717) is 5.41 Å². The molecular formula is C14H27NO. The average Bonchev–Trinajstić information content (AvgIpc) is 3.03. The van der Waals surface area contributed by atoms with Crippen LogP contribution in [0.2, 0.25) is 0 Å². The van der Waals surface area contributed by atoms with E-state index in [-0.39, 0.29) is 0 Å². The average molecular weight is 225 g/mol. The molecule has 2 rings (SSSR count). The van der Waals surface area contributed by atoms with Gasteiger partial charge in [0.15, 0.2) is 0 Å². The molecule has 2 nitrogen and oxygen atoms in total. The summed E-state index contributed by atoms with van der Waals surface area (Å²) in [5.41, 5.74) is 0.0271. The highest BCUT2D eigenvalue weighted by atomic mass is 16.3. The lowest BCUT2D eigenvalue weighted by atomic mass is 9.71. The normalized spacial score (nSPS) is 27.9. The van der Waals surface area contributed by atoms with Crippen LogP contribution in [0.1, 0.15) is 58.8 Å². The quantitative estimate of drug-likeness (QED) is 0.705. The summed E-state index contributed by atoms with van der Waals surface area (Å²) in [6.45, 7) is 6.52. The molecule has 0 unspecified atom stereocenters. The van der Waals surface area contributed by atoms with Gasteiger partial charge in [-0.3, -0.25) is 0 Å². The van der Waals surface area contributed by atoms with Gasteiger partial charge >= 0.3 is 0 Å². The van der Waals surface area contributed by atoms with Crippen molar-refractivity contribution in [2.75, 3.05) is 13.1 Å². The Balaban J connectivity index is 1.63. The van der Waals surface area contributed by atoms with Gasteiger partial charge in [0.2, 0.25) is 0 Å². The summed E-state index contributed by atoms with van der Waals surface area (Å²) in [6, 6.07) is 0. The van der Waals surface area contributed by atoms with E-state index in [1.807, 2.05) is 0 Å². The zero-order valence-electron chi connectivity index (χ0n) is 10.9. The Morgan fingerprint density at radius 2 is 1.75 bits per heavy atom. The van der Waals surface area contributed by atoms with Crippen LogP contribution < -0.4 is 5.32 Å². The van der Waals surface area contributed by atoms with Crippen LogP contribution in [-0.2, 0) is 0 Å². The largest absolute Gasteiger partial charge is 0.389 e. The Labute approximate surface area is 99.8 Å². The van der Waals surface area contributed by atoms with Gasteiger partial charge < -0.3 is 10.4 Å². The second-order valence-corrected chi connectivity index (χ2v) is 6.80. The van der Waals surface area contributed by atoms with Crippen molar-refractivity contribution in [2.45, 2.75) is 64.4 Å². The van der Waals surface area contributed by atoms with Crippen LogP contribution in [-0.4, -0.2) is 23.8 Å². The zero-order chi connectivity index (χ0) is 11.6. The Morgan fingerprint density at radius 3 is 2.31 bits per heavy atom. The predicted molar refractivity (Wildman–Crippen MR) is 67.4 cm³/mol. The first kappa shape index (κ1) is 12.4. The van der Waals surface area contributed by atoms with Gasteiger partial charge in [0.25, 0.3) is 0 Å². The van der Waals surface area contributed by atoms with Crippen LogP contribution >= 0.6 is 0 Å². The van der Waals surface area contributed by atoms with Gasteiger partial charge in [-0.25, -0.2) is 0 Å². The van der Waals surface area contributed by atoms with E-state index < -0.39 is 5.60 Å². The molecule has 2 heteroatoms. The first-order chi connectivity index (χ1) is 7.49. The van der Waals surface area contributed by atoms with Gasteiger partial charge in [-0.15, -0.1) is 0 Å². The topological polar surface area (TPSA) is 32.3 Å². The maximum Gasteiger partial charge on any atom is 0.0772 e. The van der Waals surface area contributed by atoms with Crippen LogP contribution in [0.3, 0.4) is 0 Å². The van der Waals surface area contributed by atoms with Gasteiger partial charge in [-0.05, 0) is 50.0 Å². The highest BCUT2D eigenvalue weighted by Crippen LogP contribution is 2.39. The molecule has 0 amide bonds. The maximum absolute atomic E-state index is 10.4. The Hall–Kier alpha value is -0.0800. The van der Waals surface area contributed by atoms with Gasteiger partial charge in [0, 0.05) is 6.54 Å². The lowest BCUT2D eigenvalue weighted by molar-refractivity contribution is -0.0242. The fraction of sp³-hybridized carbons (Fsp3) is 1.00. The van der Waals surface area contributed by atoms with E-state index in [2.05, 4.69) is 19.2 Å². The van der Waals surface area contributed by atoms with E-state index in [1.54, 1.807) is 0 Å². The molecule has 0 aromatic carbocycles. The summed E-state index contributed by atoms with van der Waals surface area (Å²) in [7, 11) is 0. The predicted octanol–water partition coefficient (Wildman–Crippen LogP) is 2.71. The number of rotatable bonds is 5. The molecule has 0 heterocycles. The molecule has 0 saturated heterocycles. The van der Waals surface area contributed by atoms with Crippen molar-refractivity contribution in [3.05, 3.63) is 0 Å². The lowest BCUT2D eigenvalue weighted by Crippen LogP contribution is -2.45. The van der Waals surface area contributed by atoms with E-state index in [0.717, 1.165) is 44.7 Å². The van der Waals surface area contributed by atoms with Crippen molar-refractivity contribution in [3.63, 3.8) is 0 Å². The summed E-state index contributed by atoms with van der Waals surface area (Å²) >= 11 is 0. The molecule has 2 N–H and O–H groups in total. The molecule has 0 radical (unpaired) electrons. The third kappa shape index (κ3) is 3.74. The van der Waals surface area contributed by atoms with Gasteiger partial charge in [0.05, 0.1) is 5.60 Å². The third-order valence-corrected chi connectivity index (χ3v) is 4.41. The van der Waals surface area contributed by atoms with Crippen molar-refractivity contribution >= 4 is 0 Å². The summed E-state index contributed by atoms with van der Waals surface area (Å²) in [5, 5.41) is 13.9. The SMILES string of the molecule is CC1(C)CCC(O)(CNCCC2CC2)CC1. The van der Waals surface area contributed by atoms with E-state index in [4.69, 9.17) is 0 Å². The summed E-state index contributed by atoms with van der Waals surface area (Å²) in [6.07, 6.45) is 8.43. The fourth-order valence-corrected chi connectivity index (χ4v) is 2.60. The molecule has 0 aromatic rings. The van der Waals surface area contributed by atoms with Gasteiger partial charge in [0.1, 0.15) is 0 Å². The van der Waals surface area contributed by atoms with Crippen LogP contribution in [0.5, 0.6) is 0 Å². The summed E-state index contributed by atoms with van der Waals surface area (Å²) in [5.74, 6) is 0.993. The minimum absolute atomic E-state index is 0.418. The minimum Gasteiger partial charge on any atom is -0.389 e. The van der Waals surface area contributed by atoms with Crippen LogP contribution in [0.4, 0.5) is 0 Å². The molecule has 2 aliphatic rings. The standard InChI is InChI=1S/C14H27NO/c1-13(2)6-8-14(16,9-7-13)11-15-10-5-12-3-4-12/h12,15-16H,3-11H2,1-2H3. The van der Waals surface area contributed by atoms with Crippen molar-refractivity contribution < 1.29 is 5.11 Å². The second-order valence-electron chi connectivity index (χ2n) is 6.80.